The predicted molar refractivity (Wildman–Crippen MR) is 53.9 cm³/mol. The van der Waals surface area contributed by atoms with E-state index in [0.29, 0.717) is 18.4 Å². The summed E-state index contributed by atoms with van der Waals surface area (Å²) in [5.74, 6) is -1.77. The second-order valence-electron chi connectivity index (χ2n) is 3.82. The van der Waals surface area contributed by atoms with Gasteiger partial charge in [0.2, 0.25) is 0 Å². The summed E-state index contributed by atoms with van der Waals surface area (Å²) in [6.45, 7) is 0. The van der Waals surface area contributed by atoms with Gasteiger partial charge in [-0.1, -0.05) is 18.2 Å². The molecular formula is C12H11FO3. The fourth-order valence-corrected chi connectivity index (χ4v) is 1.77. The molecule has 2 rings (SSSR count). The fraction of sp³-hybridized carbons (Fsp3) is 0.333. The number of hydrogen-bond acceptors (Lipinski definition) is 3. The molecule has 0 saturated carbocycles. The molecule has 1 unspecified atom stereocenters. The summed E-state index contributed by atoms with van der Waals surface area (Å²) in [6, 6.07) is 6.31. The average molecular weight is 222 g/mol. The maximum Gasteiger partial charge on any atom is 0.316 e. The van der Waals surface area contributed by atoms with Crippen LogP contribution in [0.2, 0.25) is 0 Å². The van der Waals surface area contributed by atoms with Crippen molar-refractivity contribution in [3.8, 4) is 0 Å². The van der Waals surface area contributed by atoms with Gasteiger partial charge >= 0.3 is 11.9 Å². The van der Waals surface area contributed by atoms with Crippen LogP contribution in [0.4, 0.5) is 4.39 Å². The van der Waals surface area contributed by atoms with E-state index in [-0.39, 0.29) is 12.2 Å². The number of carbonyl (C=O) groups is 2. The normalized spacial score (nSPS) is 20.7. The quantitative estimate of drug-likeness (QED) is 0.566. The highest BCUT2D eigenvalue weighted by Gasteiger charge is 2.29. The van der Waals surface area contributed by atoms with Crippen molar-refractivity contribution in [2.45, 2.75) is 19.3 Å². The second kappa shape index (κ2) is 4.43. The van der Waals surface area contributed by atoms with Crippen molar-refractivity contribution in [2.75, 3.05) is 0 Å². The third-order valence-electron chi connectivity index (χ3n) is 2.67. The lowest BCUT2D eigenvalue weighted by Gasteiger charge is -2.19. The van der Waals surface area contributed by atoms with Gasteiger partial charge in [-0.15, -0.1) is 0 Å². The Morgan fingerprint density at radius 2 is 2.06 bits per heavy atom. The van der Waals surface area contributed by atoms with E-state index in [1.54, 1.807) is 18.2 Å². The number of ether oxygens (including phenoxy) is 1. The molecule has 0 amide bonds. The van der Waals surface area contributed by atoms with Crippen LogP contribution in [0, 0.1) is 11.7 Å². The largest absolute Gasteiger partial charge is 0.393 e. The molecule has 1 aliphatic heterocycles. The zero-order valence-electron chi connectivity index (χ0n) is 8.61. The lowest BCUT2D eigenvalue weighted by atomic mass is 9.93. The van der Waals surface area contributed by atoms with Crippen molar-refractivity contribution in [1.82, 2.24) is 0 Å². The molecule has 0 aromatic heterocycles. The summed E-state index contributed by atoms with van der Waals surface area (Å²) in [4.78, 5) is 22.2. The van der Waals surface area contributed by atoms with Crippen LogP contribution in [-0.2, 0) is 20.7 Å². The Morgan fingerprint density at radius 3 is 2.75 bits per heavy atom. The highest BCUT2D eigenvalue weighted by molar-refractivity contribution is 5.89. The van der Waals surface area contributed by atoms with Crippen LogP contribution in [0.3, 0.4) is 0 Å². The first-order valence-electron chi connectivity index (χ1n) is 5.15. The predicted octanol–water partition coefficient (Wildman–Crippen LogP) is 1.85. The number of cyclic esters (lactones) is 2. The van der Waals surface area contributed by atoms with E-state index in [2.05, 4.69) is 4.74 Å². The van der Waals surface area contributed by atoms with Gasteiger partial charge in [0.1, 0.15) is 5.82 Å². The molecule has 1 aliphatic rings. The van der Waals surface area contributed by atoms with E-state index >= 15 is 0 Å². The van der Waals surface area contributed by atoms with Crippen molar-refractivity contribution < 1.29 is 18.7 Å². The number of rotatable bonds is 2. The van der Waals surface area contributed by atoms with Gasteiger partial charge in [-0.05, 0) is 24.5 Å². The molecule has 0 aliphatic carbocycles. The van der Waals surface area contributed by atoms with Gasteiger partial charge in [0.05, 0.1) is 5.92 Å². The third kappa shape index (κ3) is 2.27. The molecule has 1 saturated heterocycles. The fourth-order valence-electron chi connectivity index (χ4n) is 1.77. The molecule has 1 fully saturated rings. The van der Waals surface area contributed by atoms with Gasteiger partial charge in [-0.2, -0.15) is 0 Å². The standard InChI is InChI=1S/C12H11FO3/c13-10-4-2-1-3-8(10)7-9-5-6-11(14)16-12(9)15/h1-4,9H,5-7H2. The van der Waals surface area contributed by atoms with Crippen molar-refractivity contribution in [3.05, 3.63) is 35.6 Å². The summed E-state index contributed by atoms with van der Waals surface area (Å²) in [6.07, 6.45) is 0.954. The summed E-state index contributed by atoms with van der Waals surface area (Å²) in [5, 5.41) is 0. The maximum atomic E-state index is 13.3. The number of hydrogen-bond donors (Lipinski definition) is 0. The Balaban J connectivity index is 2.08. The Hall–Kier alpha value is -1.71. The number of halogens is 1. The van der Waals surface area contributed by atoms with Gasteiger partial charge in [0, 0.05) is 6.42 Å². The SMILES string of the molecule is O=C1CCC(Cc2ccccc2F)C(=O)O1. The molecule has 3 nitrogen and oxygen atoms in total. The molecule has 84 valence electrons. The van der Waals surface area contributed by atoms with Crippen LogP contribution >= 0.6 is 0 Å². The zero-order chi connectivity index (χ0) is 11.5. The highest BCUT2D eigenvalue weighted by Crippen LogP contribution is 2.22. The van der Waals surface area contributed by atoms with Gasteiger partial charge in [0.15, 0.2) is 0 Å². The summed E-state index contributed by atoms with van der Waals surface area (Å²) in [5.41, 5.74) is 0.485. The summed E-state index contributed by atoms with van der Waals surface area (Å²) >= 11 is 0. The van der Waals surface area contributed by atoms with Crippen molar-refractivity contribution in [1.29, 1.82) is 0 Å². The second-order valence-corrected chi connectivity index (χ2v) is 3.82. The van der Waals surface area contributed by atoms with Crippen LogP contribution in [-0.4, -0.2) is 11.9 Å². The van der Waals surface area contributed by atoms with Gasteiger partial charge in [-0.3, -0.25) is 9.59 Å². The Labute approximate surface area is 92.2 Å². The van der Waals surface area contributed by atoms with E-state index < -0.39 is 17.9 Å². The van der Waals surface area contributed by atoms with Crippen molar-refractivity contribution >= 4 is 11.9 Å². The first-order valence-corrected chi connectivity index (χ1v) is 5.15. The maximum absolute atomic E-state index is 13.3. The van der Waals surface area contributed by atoms with Crippen LogP contribution in [0.5, 0.6) is 0 Å². The average Bonchev–Trinajstić information content (AvgIpc) is 2.25. The first kappa shape index (κ1) is 10.8. The molecule has 0 N–H and O–H groups in total. The van der Waals surface area contributed by atoms with E-state index in [1.807, 2.05) is 0 Å². The topological polar surface area (TPSA) is 43.4 Å². The van der Waals surface area contributed by atoms with E-state index in [9.17, 15) is 14.0 Å². The molecule has 4 heteroatoms. The lowest BCUT2D eigenvalue weighted by Crippen LogP contribution is -2.29. The molecule has 1 heterocycles. The first-order chi connectivity index (χ1) is 7.66. The van der Waals surface area contributed by atoms with Gasteiger partial charge < -0.3 is 4.74 Å². The number of esters is 2. The van der Waals surface area contributed by atoms with Crippen LogP contribution < -0.4 is 0 Å². The van der Waals surface area contributed by atoms with Gasteiger partial charge in [-0.25, -0.2) is 4.39 Å². The van der Waals surface area contributed by atoms with Crippen LogP contribution in [0.15, 0.2) is 24.3 Å². The van der Waals surface area contributed by atoms with E-state index in [1.165, 1.54) is 6.07 Å². The summed E-state index contributed by atoms with van der Waals surface area (Å²) in [7, 11) is 0. The van der Waals surface area contributed by atoms with E-state index in [0.717, 1.165) is 0 Å². The van der Waals surface area contributed by atoms with Crippen LogP contribution in [0.1, 0.15) is 18.4 Å². The smallest absolute Gasteiger partial charge is 0.316 e. The van der Waals surface area contributed by atoms with Gasteiger partial charge in [0.25, 0.3) is 0 Å². The molecule has 16 heavy (non-hydrogen) atoms. The Bertz CT molecular complexity index is 428. The molecular weight excluding hydrogens is 211 g/mol. The molecule has 0 radical (unpaired) electrons. The molecule has 1 aromatic rings. The van der Waals surface area contributed by atoms with Crippen molar-refractivity contribution in [3.63, 3.8) is 0 Å². The molecule has 0 bridgehead atoms. The Kier molecular flexibility index (Phi) is 2.99. The van der Waals surface area contributed by atoms with Crippen molar-refractivity contribution in [2.24, 2.45) is 5.92 Å². The molecule has 1 aromatic carbocycles. The minimum atomic E-state index is -0.542. The minimum absolute atomic E-state index is 0.227. The minimum Gasteiger partial charge on any atom is -0.393 e. The number of benzene rings is 1. The van der Waals surface area contributed by atoms with E-state index in [4.69, 9.17) is 0 Å². The molecule has 1 atom stereocenters. The lowest BCUT2D eigenvalue weighted by molar-refractivity contribution is -0.167. The van der Waals surface area contributed by atoms with Crippen LogP contribution in [0.25, 0.3) is 0 Å². The monoisotopic (exact) mass is 222 g/mol. The Morgan fingerprint density at radius 1 is 1.31 bits per heavy atom. The zero-order valence-corrected chi connectivity index (χ0v) is 8.61. The number of carbonyl (C=O) groups excluding carboxylic acids is 2. The third-order valence-corrected chi connectivity index (χ3v) is 2.67. The summed E-state index contributed by atoms with van der Waals surface area (Å²) < 4.78 is 17.8. The highest BCUT2D eigenvalue weighted by atomic mass is 19.1. The molecule has 0 spiro atoms.